The molecular formula is C13H10N6S2. The van der Waals surface area contributed by atoms with Gasteiger partial charge in [0.1, 0.15) is 0 Å². The minimum atomic E-state index is 0.581. The Labute approximate surface area is 128 Å². The number of hydrogen-bond acceptors (Lipinski definition) is 7. The topological polar surface area (TPSA) is 82.0 Å². The van der Waals surface area contributed by atoms with Gasteiger partial charge in [-0.2, -0.15) is 9.61 Å². The largest absolute Gasteiger partial charge is 0.375 e. The van der Waals surface area contributed by atoms with Gasteiger partial charge in [-0.15, -0.1) is 10.2 Å². The molecule has 3 aromatic heterocycles. The molecule has 0 spiro atoms. The van der Waals surface area contributed by atoms with E-state index in [1.807, 2.05) is 31.2 Å². The van der Waals surface area contributed by atoms with Crippen LogP contribution in [0.3, 0.4) is 0 Å². The predicted molar refractivity (Wildman–Crippen MR) is 83.7 cm³/mol. The van der Waals surface area contributed by atoms with Crippen LogP contribution < -0.4 is 5.73 Å². The zero-order valence-corrected chi connectivity index (χ0v) is 12.6. The van der Waals surface area contributed by atoms with E-state index < -0.39 is 0 Å². The van der Waals surface area contributed by atoms with Gasteiger partial charge in [-0.1, -0.05) is 11.3 Å². The van der Waals surface area contributed by atoms with Gasteiger partial charge in [-0.25, -0.2) is 4.98 Å². The summed E-state index contributed by atoms with van der Waals surface area (Å²) in [5.41, 5.74) is 8.32. The minimum absolute atomic E-state index is 0.581. The third kappa shape index (κ3) is 2.22. The van der Waals surface area contributed by atoms with E-state index in [0.717, 1.165) is 31.6 Å². The smallest absolute Gasteiger partial charge is 0.217 e. The lowest BCUT2D eigenvalue weighted by Gasteiger charge is -2.00. The number of thiazole rings is 1. The van der Waals surface area contributed by atoms with E-state index in [1.165, 1.54) is 23.1 Å². The molecule has 1 aromatic carbocycles. The maximum absolute atomic E-state index is 5.73. The van der Waals surface area contributed by atoms with Crippen molar-refractivity contribution in [1.29, 1.82) is 0 Å². The lowest BCUT2D eigenvalue weighted by atomic mass is 10.3. The number of nitrogens with two attached hydrogens (primary N) is 1. The molecule has 4 aromatic rings. The van der Waals surface area contributed by atoms with Crippen LogP contribution in [0.5, 0.6) is 0 Å². The number of hydrogen-bond donors (Lipinski definition) is 1. The Morgan fingerprint density at radius 2 is 2.10 bits per heavy atom. The van der Waals surface area contributed by atoms with Gasteiger partial charge in [0, 0.05) is 4.90 Å². The molecule has 8 heteroatoms. The van der Waals surface area contributed by atoms with E-state index in [-0.39, 0.29) is 0 Å². The molecule has 6 nitrogen and oxygen atoms in total. The lowest BCUT2D eigenvalue weighted by molar-refractivity contribution is 0.792. The van der Waals surface area contributed by atoms with Gasteiger partial charge in [-0.3, -0.25) is 0 Å². The highest BCUT2D eigenvalue weighted by Crippen LogP contribution is 2.31. The van der Waals surface area contributed by atoms with Gasteiger partial charge >= 0.3 is 0 Å². The molecule has 0 aliphatic heterocycles. The van der Waals surface area contributed by atoms with Crippen LogP contribution in [0.15, 0.2) is 40.4 Å². The van der Waals surface area contributed by atoms with Crippen molar-refractivity contribution in [1.82, 2.24) is 24.8 Å². The Balaban J connectivity index is 1.76. The first-order chi connectivity index (χ1) is 10.2. The van der Waals surface area contributed by atoms with E-state index >= 15 is 0 Å². The number of aromatic nitrogens is 5. The number of fused-ring (bicyclic) bond motifs is 2. The number of rotatable bonds is 2. The molecule has 4 rings (SSSR count). The predicted octanol–water partition coefficient (Wildman–Crippen LogP) is 2.78. The number of anilines is 1. The second kappa shape index (κ2) is 4.68. The summed E-state index contributed by atoms with van der Waals surface area (Å²) in [5, 5.41) is 14.1. The van der Waals surface area contributed by atoms with Gasteiger partial charge in [0.25, 0.3) is 0 Å². The standard InChI is InChI=1S/C13H10N6S2/c1-7-2-5-11-16-17-13(19(11)18-7)20-8-3-4-9-10(6-8)21-12(14)15-9/h2-6H,1H3,(H2,14,15). The van der Waals surface area contributed by atoms with Crippen LogP contribution in [0.25, 0.3) is 15.9 Å². The van der Waals surface area contributed by atoms with Crippen molar-refractivity contribution in [2.24, 2.45) is 0 Å². The van der Waals surface area contributed by atoms with E-state index in [1.54, 1.807) is 4.52 Å². The first-order valence-electron chi connectivity index (χ1n) is 6.22. The van der Waals surface area contributed by atoms with E-state index in [0.29, 0.717) is 5.13 Å². The molecule has 0 amide bonds. The quantitative estimate of drug-likeness (QED) is 0.612. The van der Waals surface area contributed by atoms with Crippen LogP contribution in [0.1, 0.15) is 5.69 Å². The molecule has 21 heavy (non-hydrogen) atoms. The van der Waals surface area contributed by atoms with Crippen molar-refractivity contribution in [3.63, 3.8) is 0 Å². The SMILES string of the molecule is Cc1ccc2nnc(Sc3ccc4nc(N)sc4c3)n2n1. The highest BCUT2D eigenvalue weighted by Gasteiger charge is 2.10. The lowest BCUT2D eigenvalue weighted by Crippen LogP contribution is -1.95. The summed E-state index contributed by atoms with van der Waals surface area (Å²) in [6, 6.07) is 9.86. The summed E-state index contributed by atoms with van der Waals surface area (Å²) in [5.74, 6) is 0. The van der Waals surface area contributed by atoms with Crippen molar-refractivity contribution in [2.75, 3.05) is 5.73 Å². The Hall–Kier alpha value is -2.19. The Morgan fingerprint density at radius 1 is 1.19 bits per heavy atom. The van der Waals surface area contributed by atoms with Crippen LogP contribution in [0.4, 0.5) is 5.13 Å². The van der Waals surface area contributed by atoms with Crippen molar-refractivity contribution in [3.05, 3.63) is 36.0 Å². The molecule has 0 atom stereocenters. The summed E-state index contributed by atoms with van der Waals surface area (Å²) in [6.07, 6.45) is 0. The second-order valence-corrected chi connectivity index (χ2v) is 6.61. The van der Waals surface area contributed by atoms with Crippen molar-refractivity contribution in [3.8, 4) is 0 Å². The fourth-order valence-electron chi connectivity index (χ4n) is 2.02. The number of benzene rings is 1. The normalized spacial score (nSPS) is 11.5. The Bertz CT molecular complexity index is 958. The van der Waals surface area contributed by atoms with Crippen LogP contribution in [-0.4, -0.2) is 24.8 Å². The first kappa shape index (κ1) is 12.5. The minimum Gasteiger partial charge on any atom is -0.375 e. The van der Waals surface area contributed by atoms with Gasteiger partial charge in [0.15, 0.2) is 10.8 Å². The van der Waals surface area contributed by atoms with Crippen LogP contribution in [0.2, 0.25) is 0 Å². The molecule has 3 heterocycles. The molecular weight excluding hydrogens is 304 g/mol. The number of nitrogens with zero attached hydrogens (tertiary/aromatic N) is 5. The average molecular weight is 314 g/mol. The molecule has 0 aliphatic carbocycles. The molecule has 0 unspecified atom stereocenters. The van der Waals surface area contributed by atoms with E-state index in [4.69, 9.17) is 5.73 Å². The fraction of sp³-hybridized carbons (Fsp3) is 0.0769. The molecule has 0 aliphatic rings. The number of nitrogen functional groups attached to an aromatic ring is 1. The zero-order chi connectivity index (χ0) is 14.4. The summed E-state index contributed by atoms with van der Waals surface area (Å²) < 4.78 is 2.82. The maximum atomic E-state index is 5.73. The monoisotopic (exact) mass is 314 g/mol. The summed E-state index contributed by atoms with van der Waals surface area (Å²) in [4.78, 5) is 5.31. The molecule has 0 saturated carbocycles. The zero-order valence-electron chi connectivity index (χ0n) is 11.0. The first-order valence-corrected chi connectivity index (χ1v) is 7.85. The highest BCUT2D eigenvalue weighted by atomic mass is 32.2. The molecule has 0 bridgehead atoms. The van der Waals surface area contributed by atoms with Gasteiger partial charge in [-0.05, 0) is 49.0 Å². The summed E-state index contributed by atoms with van der Waals surface area (Å²) in [7, 11) is 0. The van der Waals surface area contributed by atoms with Crippen molar-refractivity contribution < 1.29 is 0 Å². The van der Waals surface area contributed by atoms with E-state index in [9.17, 15) is 0 Å². The third-order valence-corrected chi connectivity index (χ3v) is 4.73. The fourth-order valence-corrected chi connectivity index (χ4v) is 3.69. The summed E-state index contributed by atoms with van der Waals surface area (Å²) >= 11 is 3.00. The molecule has 2 N–H and O–H groups in total. The van der Waals surface area contributed by atoms with E-state index in [2.05, 4.69) is 26.3 Å². The average Bonchev–Trinajstić information content (AvgIpc) is 3.01. The highest BCUT2D eigenvalue weighted by molar-refractivity contribution is 7.99. The van der Waals surface area contributed by atoms with Gasteiger partial charge < -0.3 is 5.73 Å². The molecule has 0 saturated heterocycles. The van der Waals surface area contributed by atoms with Gasteiger partial charge in [0.05, 0.1) is 15.9 Å². The molecule has 0 radical (unpaired) electrons. The Morgan fingerprint density at radius 3 is 3.00 bits per heavy atom. The van der Waals surface area contributed by atoms with Crippen LogP contribution >= 0.6 is 23.1 Å². The molecule has 104 valence electrons. The second-order valence-electron chi connectivity index (χ2n) is 4.51. The van der Waals surface area contributed by atoms with Crippen LogP contribution in [0, 0.1) is 6.92 Å². The Kier molecular flexibility index (Phi) is 2.79. The molecule has 0 fully saturated rings. The maximum Gasteiger partial charge on any atom is 0.217 e. The number of aryl methyl sites for hydroxylation is 1. The van der Waals surface area contributed by atoms with Crippen molar-refractivity contribution >= 4 is 44.1 Å². The summed E-state index contributed by atoms with van der Waals surface area (Å²) in [6.45, 7) is 1.94. The van der Waals surface area contributed by atoms with Crippen LogP contribution in [-0.2, 0) is 0 Å². The van der Waals surface area contributed by atoms with Crippen molar-refractivity contribution in [2.45, 2.75) is 17.0 Å². The third-order valence-electron chi connectivity index (χ3n) is 2.95. The van der Waals surface area contributed by atoms with Gasteiger partial charge in [0.2, 0.25) is 5.16 Å².